The summed E-state index contributed by atoms with van der Waals surface area (Å²) in [6.07, 6.45) is 0. The Kier molecular flexibility index (Phi) is 7.82. The van der Waals surface area contributed by atoms with Gasteiger partial charge in [-0.25, -0.2) is 0 Å². The number of aryl methyl sites for hydroxylation is 1. The van der Waals surface area contributed by atoms with E-state index in [4.69, 9.17) is 0 Å². The molecule has 1 aliphatic rings. The zero-order valence-corrected chi connectivity index (χ0v) is 19.1. The lowest BCUT2D eigenvalue weighted by Gasteiger charge is -2.35. The van der Waals surface area contributed by atoms with Crippen molar-refractivity contribution in [3.8, 4) is 0 Å². The molecule has 3 rings (SSSR count). The topological polar surface area (TPSA) is 55.9 Å². The summed E-state index contributed by atoms with van der Waals surface area (Å²) in [5.41, 5.74) is 4.29. The minimum atomic E-state index is 0.00893. The molecule has 2 aromatic rings. The normalized spacial score (nSPS) is 16.0. The molecule has 0 saturated carbocycles. The maximum Gasteiger partial charge on any atom is 0.238 e. The van der Waals surface area contributed by atoms with E-state index in [-0.39, 0.29) is 17.9 Å². The van der Waals surface area contributed by atoms with Gasteiger partial charge in [0.2, 0.25) is 11.8 Å². The van der Waals surface area contributed by atoms with Crippen LogP contribution in [0, 0.1) is 13.8 Å². The second kappa shape index (κ2) is 10.6. The van der Waals surface area contributed by atoms with Gasteiger partial charge in [0.05, 0.1) is 19.1 Å². The summed E-state index contributed by atoms with van der Waals surface area (Å²) in [7, 11) is 1.87. The summed E-state index contributed by atoms with van der Waals surface area (Å²) in [4.78, 5) is 31.4. The van der Waals surface area contributed by atoms with Crippen molar-refractivity contribution in [2.24, 2.45) is 0 Å². The van der Waals surface area contributed by atoms with Crippen molar-refractivity contribution in [2.45, 2.75) is 26.8 Å². The molecule has 1 atom stereocenters. The third-order valence-corrected chi connectivity index (χ3v) is 6.33. The van der Waals surface area contributed by atoms with E-state index in [1.807, 2.05) is 62.2 Å². The van der Waals surface area contributed by atoms with Crippen molar-refractivity contribution in [2.75, 3.05) is 51.6 Å². The van der Waals surface area contributed by atoms with Crippen LogP contribution in [0.5, 0.6) is 0 Å². The van der Waals surface area contributed by atoms with Gasteiger partial charge < -0.3 is 10.2 Å². The van der Waals surface area contributed by atoms with Gasteiger partial charge in [0.25, 0.3) is 0 Å². The Labute approximate surface area is 185 Å². The highest BCUT2D eigenvalue weighted by molar-refractivity contribution is 5.93. The average molecular weight is 423 g/mol. The molecule has 0 unspecified atom stereocenters. The molecule has 0 spiro atoms. The summed E-state index contributed by atoms with van der Waals surface area (Å²) in [5.74, 6) is 0.132. The molecule has 6 heteroatoms. The monoisotopic (exact) mass is 422 g/mol. The lowest BCUT2D eigenvalue weighted by Crippen LogP contribution is -2.51. The number of hydrogen-bond acceptors (Lipinski definition) is 4. The predicted octanol–water partition coefficient (Wildman–Crippen LogP) is 3.08. The van der Waals surface area contributed by atoms with E-state index in [1.54, 1.807) is 0 Å². The minimum Gasteiger partial charge on any atom is -0.338 e. The number of piperazine rings is 1. The molecule has 6 nitrogen and oxygen atoms in total. The molecule has 2 amide bonds. The number of nitrogens with zero attached hydrogens (tertiary/aromatic N) is 3. The first-order valence-corrected chi connectivity index (χ1v) is 11.0. The first-order valence-electron chi connectivity index (χ1n) is 11.0. The van der Waals surface area contributed by atoms with Crippen molar-refractivity contribution in [3.63, 3.8) is 0 Å². The largest absolute Gasteiger partial charge is 0.338 e. The SMILES string of the molecule is Cc1cccc(NC(=O)CN2CCN(CC(=O)N(C)[C@H](C)c3ccccc3)CC2)c1C. The van der Waals surface area contributed by atoms with E-state index >= 15 is 0 Å². The molecule has 2 aromatic carbocycles. The Balaban J connectivity index is 1.43. The number of rotatable bonds is 7. The molecule has 1 aliphatic heterocycles. The van der Waals surface area contributed by atoms with Crippen LogP contribution in [0.15, 0.2) is 48.5 Å². The number of carbonyl (C=O) groups excluding carboxylic acids is 2. The van der Waals surface area contributed by atoms with Crippen LogP contribution in [0.2, 0.25) is 0 Å². The third-order valence-electron chi connectivity index (χ3n) is 6.33. The molecule has 1 heterocycles. The molecular formula is C25H34N4O2. The summed E-state index contributed by atoms with van der Waals surface area (Å²) in [6.45, 7) is 10.1. The van der Waals surface area contributed by atoms with Crippen LogP contribution in [-0.4, -0.2) is 72.8 Å². The Bertz CT molecular complexity index is 892. The van der Waals surface area contributed by atoms with E-state index < -0.39 is 0 Å². The van der Waals surface area contributed by atoms with Gasteiger partial charge in [0.15, 0.2) is 0 Å². The predicted molar refractivity (Wildman–Crippen MR) is 125 cm³/mol. The molecule has 1 fully saturated rings. The number of carbonyl (C=O) groups is 2. The van der Waals surface area contributed by atoms with E-state index in [1.165, 1.54) is 5.56 Å². The van der Waals surface area contributed by atoms with Gasteiger partial charge in [-0.05, 0) is 43.5 Å². The Morgan fingerprint density at radius 1 is 0.935 bits per heavy atom. The Hall–Kier alpha value is -2.70. The summed E-state index contributed by atoms with van der Waals surface area (Å²) < 4.78 is 0. The second-order valence-corrected chi connectivity index (χ2v) is 8.44. The highest BCUT2D eigenvalue weighted by Gasteiger charge is 2.24. The summed E-state index contributed by atoms with van der Waals surface area (Å²) in [6, 6.07) is 16.1. The first kappa shape index (κ1) is 23.0. The van der Waals surface area contributed by atoms with Crippen molar-refractivity contribution in [1.29, 1.82) is 0 Å². The van der Waals surface area contributed by atoms with Crippen LogP contribution in [0.4, 0.5) is 5.69 Å². The molecule has 0 aliphatic carbocycles. The van der Waals surface area contributed by atoms with Gasteiger partial charge in [-0.15, -0.1) is 0 Å². The molecule has 1 N–H and O–H groups in total. The molecule has 0 aromatic heterocycles. The van der Waals surface area contributed by atoms with Gasteiger partial charge in [0.1, 0.15) is 0 Å². The fraction of sp³-hybridized carbons (Fsp3) is 0.440. The van der Waals surface area contributed by atoms with E-state index in [9.17, 15) is 9.59 Å². The van der Waals surface area contributed by atoms with Crippen LogP contribution >= 0.6 is 0 Å². The number of hydrogen-bond donors (Lipinski definition) is 1. The number of anilines is 1. The van der Waals surface area contributed by atoms with Crippen molar-refractivity contribution in [3.05, 3.63) is 65.2 Å². The average Bonchev–Trinajstić information content (AvgIpc) is 2.77. The van der Waals surface area contributed by atoms with Crippen LogP contribution in [0.25, 0.3) is 0 Å². The molecular weight excluding hydrogens is 388 g/mol. The van der Waals surface area contributed by atoms with Crippen LogP contribution in [0.1, 0.15) is 29.7 Å². The zero-order chi connectivity index (χ0) is 22.4. The number of amides is 2. The van der Waals surface area contributed by atoms with Gasteiger partial charge >= 0.3 is 0 Å². The van der Waals surface area contributed by atoms with E-state index in [2.05, 4.69) is 34.2 Å². The maximum absolute atomic E-state index is 12.8. The molecule has 0 bridgehead atoms. The van der Waals surface area contributed by atoms with Crippen LogP contribution in [0.3, 0.4) is 0 Å². The van der Waals surface area contributed by atoms with E-state index in [0.717, 1.165) is 43.0 Å². The second-order valence-electron chi connectivity index (χ2n) is 8.44. The van der Waals surface area contributed by atoms with Crippen LogP contribution < -0.4 is 5.32 Å². The quantitative estimate of drug-likeness (QED) is 0.745. The molecule has 0 radical (unpaired) electrons. The lowest BCUT2D eigenvalue weighted by atomic mass is 10.1. The number of likely N-dealkylation sites (N-methyl/N-ethyl adjacent to an activating group) is 1. The smallest absolute Gasteiger partial charge is 0.238 e. The Morgan fingerprint density at radius 3 is 2.19 bits per heavy atom. The fourth-order valence-electron chi connectivity index (χ4n) is 3.86. The summed E-state index contributed by atoms with van der Waals surface area (Å²) in [5, 5.41) is 3.03. The minimum absolute atomic E-state index is 0.00893. The van der Waals surface area contributed by atoms with Crippen molar-refractivity contribution < 1.29 is 9.59 Å². The van der Waals surface area contributed by atoms with Gasteiger partial charge in [-0.1, -0.05) is 42.5 Å². The number of benzene rings is 2. The molecule has 1 saturated heterocycles. The molecule has 31 heavy (non-hydrogen) atoms. The first-order chi connectivity index (χ1) is 14.8. The van der Waals surface area contributed by atoms with E-state index in [0.29, 0.717) is 13.1 Å². The number of nitrogens with one attached hydrogen (secondary N) is 1. The van der Waals surface area contributed by atoms with Gasteiger partial charge in [-0.2, -0.15) is 0 Å². The fourth-order valence-corrected chi connectivity index (χ4v) is 3.86. The highest BCUT2D eigenvalue weighted by Crippen LogP contribution is 2.19. The van der Waals surface area contributed by atoms with Crippen molar-refractivity contribution in [1.82, 2.24) is 14.7 Å². The summed E-state index contributed by atoms with van der Waals surface area (Å²) >= 11 is 0. The van der Waals surface area contributed by atoms with Crippen LogP contribution in [-0.2, 0) is 9.59 Å². The standard InChI is InChI=1S/C25H34N4O2/c1-19-9-8-12-23(20(19)2)26-24(30)17-28-13-15-29(16-14-28)18-25(31)27(4)21(3)22-10-6-5-7-11-22/h5-12,21H,13-18H2,1-4H3,(H,26,30)/t21-/m1/s1. The lowest BCUT2D eigenvalue weighted by molar-refractivity contribution is -0.133. The zero-order valence-electron chi connectivity index (χ0n) is 19.1. The highest BCUT2D eigenvalue weighted by atomic mass is 16.2. The van der Waals surface area contributed by atoms with Crippen molar-refractivity contribution >= 4 is 17.5 Å². The maximum atomic E-state index is 12.8. The van der Waals surface area contributed by atoms with Gasteiger partial charge in [0, 0.05) is 38.9 Å². The Morgan fingerprint density at radius 2 is 1.55 bits per heavy atom. The third kappa shape index (κ3) is 6.15. The molecule has 166 valence electrons. The van der Waals surface area contributed by atoms with Gasteiger partial charge in [-0.3, -0.25) is 19.4 Å².